The van der Waals surface area contributed by atoms with Gasteiger partial charge in [-0.25, -0.2) is 4.98 Å². The Labute approximate surface area is 142 Å². The molecule has 2 aromatic carbocycles. The van der Waals surface area contributed by atoms with Crippen LogP contribution in [0.1, 0.15) is 5.56 Å². The van der Waals surface area contributed by atoms with Crippen LogP contribution < -0.4 is 5.56 Å². The summed E-state index contributed by atoms with van der Waals surface area (Å²) in [6, 6.07) is 16.7. The van der Waals surface area contributed by atoms with E-state index in [0.717, 1.165) is 5.56 Å². The largest absolute Gasteiger partial charge is 0.283 e. The third kappa shape index (κ3) is 3.24. The number of thioether (sulfide) groups is 1. The first-order valence-electron chi connectivity index (χ1n) is 6.93. The van der Waals surface area contributed by atoms with Crippen molar-refractivity contribution < 1.29 is 0 Å². The molecule has 0 unspecified atom stereocenters. The smallest absolute Gasteiger partial charge is 0.262 e. The summed E-state index contributed by atoms with van der Waals surface area (Å²) in [6.07, 6.45) is 0. The van der Waals surface area contributed by atoms with Gasteiger partial charge in [0.2, 0.25) is 0 Å². The van der Waals surface area contributed by atoms with Crippen molar-refractivity contribution in [1.82, 2.24) is 9.55 Å². The summed E-state index contributed by atoms with van der Waals surface area (Å²) in [5.41, 5.74) is 1.34. The van der Waals surface area contributed by atoms with Crippen LogP contribution >= 0.6 is 23.4 Å². The average molecular weight is 342 g/mol. The molecule has 0 bridgehead atoms. The summed E-state index contributed by atoms with van der Waals surface area (Å²) in [5.74, 6) is 0.229. The van der Waals surface area contributed by atoms with Crippen LogP contribution in [0.5, 0.6) is 0 Å². The Balaban J connectivity index is 2.17. The van der Waals surface area contributed by atoms with Gasteiger partial charge in [0.1, 0.15) is 0 Å². The number of halogens is 1. The fraction of sp³-hybridized carbons (Fsp3) is 0.118. The second kappa shape index (κ2) is 6.86. The molecule has 0 spiro atoms. The molecule has 1 aromatic heterocycles. The molecule has 3 aromatic rings. The van der Waals surface area contributed by atoms with E-state index in [-0.39, 0.29) is 11.3 Å². The first kappa shape index (κ1) is 15.6. The fourth-order valence-electron chi connectivity index (χ4n) is 2.29. The number of fused-ring (bicyclic) bond motifs is 1. The predicted octanol–water partition coefficient (Wildman–Crippen LogP) is 3.71. The highest BCUT2D eigenvalue weighted by Crippen LogP contribution is 2.21. The molecule has 0 atom stereocenters. The maximum absolute atomic E-state index is 12.8. The quantitative estimate of drug-likeness (QED) is 0.536. The van der Waals surface area contributed by atoms with Gasteiger partial charge in [-0.05, 0) is 23.8 Å². The number of nitrogens with zero attached hydrogens (tertiary/aromatic N) is 3. The van der Waals surface area contributed by atoms with Crippen LogP contribution in [0.15, 0.2) is 58.5 Å². The lowest BCUT2D eigenvalue weighted by atomic mass is 10.2. The molecule has 0 N–H and O–H groups in total. The van der Waals surface area contributed by atoms with Crippen molar-refractivity contribution in [2.45, 2.75) is 11.7 Å². The zero-order chi connectivity index (χ0) is 16.2. The molecular formula is C17H12ClN3OS. The summed E-state index contributed by atoms with van der Waals surface area (Å²) in [5, 5.41) is 10.5. The van der Waals surface area contributed by atoms with Crippen LogP contribution in [0.2, 0.25) is 5.02 Å². The molecule has 3 rings (SSSR count). The van der Waals surface area contributed by atoms with Crippen molar-refractivity contribution in [3.05, 3.63) is 69.5 Å². The van der Waals surface area contributed by atoms with E-state index in [1.807, 2.05) is 30.3 Å². The number of benzene rings is 2. The van der Waals surface area contributed by atoms with Crippen LogP contribution in [0.4, 0.5) is 0 Å². The average Bonchev–Trinajstić information content (AvgIpc) is 2.57. The second-order valence-corrected chi connectivity index (χ2v) is 6.19. The maximum Gasteiger partial charge on any atom is 0.262 e. The molecule has 1 heterocycles. The minimum atomic E-state index is -0.129. The van der Waals surface area contributed by atoms with Gasteiger partial charge in [0, 0.05) is 5.02 Å². The lowest BCUT2D eigenvalue weighted by molar-refractivity contribution is 0.659. The molecule has 0 aliphatic heterocycles. The SMILES string of the molecule is N#CCSc1nc2ccccc2c(=O)n1Cc1ccccc1Cl. The molecule has 0 aliphatic rings. The van der Waals surface area contributed by atoms with Crippen molar-refractivity contribution in [1.29, 1.82) is 5.26 Å². The van der Waals surface area contributed by atoms with Crippen molar-refractivity contribution >= 4 is 34.3 Å². The van der Waals surface area contributed by atoms with Crippen LogP contribution in [0.3, 0.4) is 0 Å². The standard InChI is InChI=1S/C17H12ClN3OS/c18-14-7-3-1-5-12(14)11-21-16(22)13-6-2-4-8-15(13)20-17(21)23-10-9-19/h1-8H,10-11H2. The monoisotopic (exact) mass is 341 g/mol. The van der Waals surface area contributed by atoms with E-state index in [4.69, 9.17) is 16.9 Å². The number of rotatable bonds is 4. The summed E-state index contributed by atoms with van der Waals surface area (Å²) in [6.45, 7) is 0.324. The highest BCUT2D eigenvalue weighted by molar-refractivity contribution is 7.99. The molecular weight excluding hydrogens is 330 g/mol. The van der Waals surface area contributed by atoms with Gasteiger partial charge in [-0.15, -0.1) is 0 Å². The number of aromatic nitrogens is 2. The van der Waals surface area contributed by atoms with Crippen molar-refractivity contribution in [2.75, 3.05) is 5.75 Å². The molecule has 0 saturated heterocycles. The Morgan fingerprint density at radius 1 is 1.17 bits per heavy atom. The Hall–Kier alpha value is -2.29. The van der Waals surface area contributed by atoms with Crippen molar-refractivity contribution in [3.8, 4) is 6.07 Å². The molecule has 0 amide bonds. The number of hydrogen-bond donors (Lipinski definition) is 0. The van der Waals surface area contributed by atoms with Gasteiger partial charge in [-0.2, -0.15) is 5.26 Å². The summed E-state index contributed by atoms with van der Waals surface area (Å²) in [4.78, 5) is 17.3. The lowest BCUT2D eigenvalue weighted by Crippen LogP contribution is -2.24. The van der Waals surface area contributed by atoms with E-state index >= 15 is 0 Å². The van der Waals surface area contributed by atoms with Crippen LogP contribution in [0.25, 0.3) is 10.9 Å². The van der Waals surface area contributed by atoms with E-state index in [1.165, 1.54) is 11.8 Å². The first-order chi connectivity index (χ1) is 11.2. The van der Waals surface area contributed by atoms with Gasteiger partial charge in [0.05, 0.1) is 29.3 Å². The van der Waals surface area contributed by atoms with E-state index in [9.17, 15) is 4.79 Å². The van der Waals surface area contributed by atoms with Crippen LogP contribution in [0, 0.1) is 11.3 Å². The first-order valence-corrected chi connectivity index (χ1v) is 8.30. The van der Waals surface area contributed by atoms with Crippen molar-refractivity contribution in [2.24, 2.45) is 0 Å². The normalized spacial score (nSPS) is 10.6. The van der Waals surface area contributed by atoms with Crippen LogP contribution in [-0.2, 0) is 6.54 Å². The second-order valence-electron chi connectivity index (χ2n) is 4.84. The molecule has 6 heteroatoms. The maximum atomic E-state index is 12.8. The molecule has 23 heavy (non-hydrogen) atoms. The Kier molecular flexibility index (Phi) is 4.65. The summed E-state index contributed by atoms with van der Waals surface area (Å²) in [7, 11) is 0. The molecule has 114 valence electrons. The van der Waals surface area contributed by atoms with E-state index < -0.39 is 0 Å². The number of hydrogen-bond acceptors (Lipinski definition) is 4. The van der Waals surface area contributed by atoms with Crippen molar-refractivity contribution in [3.63, 3.8) is 0 Å². The Morgan fingerprint density at radius 2 is 1.91 bits per heavy atom. The summed E-state index contributed by atoms with van der Waals surface area (Å²) >= 11 is 7.46. The zero-order valence-corrected chi connectivity index (χ0v) is 13.6. The van der Waals surface area contributed by atoms with E-state index in [0.29, 0.717) is 27.6 Å². The summed E-state index contributed by atoms with van der Waals surface area (Å²) < 4.78 is 1.57. The minimum absolute atomic E-state index is 0.129. The zero-order valence-electron chi connectivity index (χ0n) is 12.1. The molecule has 0 fully saturated rings. The number of para-hydroxylation sites is 1. The highest BCUT2D eigenvalue weighted by atomic mass is 35.5. The van der Waals surface area contributed by atoms with Gasteiger partial charge in [-0.1, -0.05) is 53.7 Å². The van der Waals surface area contributed by atoms with E-state index in [2.05, 4.69) is 11.1 Å². The van der Waals surface area contributed by atoms with Gasteiger partial charge in [0.15, 0.2) is 5.16 Å². The lowest BCUT2D eigenvalue weighted by Gasteiger charge is -2.13. The highest BCUT2D eigenvalue weighted by Gasteiger charge is 2.12. The third-order valence-electron chi connectivity index (χ3n) is 3.38. The Morgan fingerprint density at radius 3 is 2.70 bits per heavy atom. The minimum Gasteiger partial charge on any atom is -0.283 e. The number of nitriles is 1. The van der Waals surface area contributed by atoms with Gasteiger partial charge >= 0.3 is 0 Å². The van der Waals surface area contributed by atoms with Gasteiger partial charge in [-0.3, -0.25) is 9.36 Å². The molecule has 0 saturated carbocycles. The Bertz CT molecular complexity index is 962. The topological polar surface area (TPSA) is 58.7 Å². The molecule has 0 radical (unpaired) electrons. The van der Waals surface area contributed by atoms with Gasteiger partial charge in [0.25, 0.3) is 5.56 Å². The van der Waals surface area contributed by atoms with Gasteiger partial charge < -0.3 is 0 Å². The molecule has 0 aliphatic carbocycles. The fourth-order valence-corrected chi connectivity index (χ4v) is 3.15. The van der Waals surface area contributed by atoms with Crippen LogP contribution in [-0.4, -0.2) is 15.3 Å². The molecule has 4 nitrogen and oxygen atoms in total. The third-order valence-corrected chi connectivity index (χ3v) is 4.59. The van der Waals surface area contributed by atoms with E-state index in [1.54, 1.807) is 22.8 Å². The predicted molar refractivity (Wildman–Crippen MR) is 92.9 cm³/mol.